The van der Waals surface area contributed by atoms with E-state index >= 15 is 0 Å². The zero-order chi connectivity index (χ0) is 17.1. The number of hydrogen-bond acceptors (Lipinski definition) is 5. The molecule has 0 spiro atoms. The van der Waals surface area contributed by atoms with Crippen LogP contribution in [0, 0.1) is 5.92 Å². The van der Waals surface area contributed by atoms with Crippen molar-refractivity contribution in [3.63, 3.8) is 0 Å². The summed E-state index contributed by atoms with van der Waals surface area (Å²) < 4.78 is 14.2. The predicted molar refractivity (Wildman–Crippen MR) is 104 cm³/mol. The SMILES string of the molecule is C=CNC(C)(Cc1ccccc1)C1CNC1.CO[SiH](OC)OC.Cl. The monoisotopic (exact) mass is 374 g/mol. The molecule has 7 heteroatoms. The molecular weight excluding hydrogens is 344 g/mol. The van der Waals surface area contributed by atoms with Gasteiger partial charge in [-0.1, -0.05) is 36.9 Å². The predicted octanol–water partition coefficient (Wildman–Crippen LogP) is 2.00. The largest absolute Gasteiger partial charge is 0.483 e. The maximum Gasteiger partial charge on any atom is 0.483 e. The van der Waals surface area contributed by atoms with Gasteiger partial charge in [0.2, 0.25) is 0 Å². The van der Waals surface area contributed by atoms with Crippen molar-refractivity contribution in [2.45, 2.75) is 18.9 Å². The van der Waals surface area contributed by atoms with Gasteiger partial charge in [0.15, 0.2) is 0 Å². The van der Waals surface area contributed by atoms with Crippen LogP contribution in [0.15, 0.2) is 43.1 Å². The van der Waals surface area contributed by atoms with E-state index < -0.39 is 9.53 Å². The summed E-state index contributed by atoms with van der Waals surface area (Å²) in [6, 6.07) is 10.6. The molecule has 2 rings (SSSR count). The summed E-state index contributed by atoms with van der Waals surface area (Å²) in [6.45, 7) is 8.28. The second-order valence-corrected chi connectivity index (χ2v) is 7.77. The number of halogens is 1. The van der Waals surface area contributed by atoms with Crippen LogP contribution in [0.1, 0.15) is 12.5 Å². The number of hydrogen-bond donors (Lipinski definition) is 2. The normalized spacial score (nSPS) is 16.0. The second kappa shape index (κ2) is 12.5. The molecule has 1 aliphatic heterocycles. The van der Waals surface area contributed by atoms with E-state index in [2.05, 4.69) is 54.5 Å². The maximum atomic E-state index is 4.74. The second-order valence-electron chi connectivity index (χ2n) is 5.78. The lowest BCUT2D eigenvalue weighted by molar-refractivity contribution is 0.163. The highest BCUT2D eigenvalue weighted by atomic mass is 35.5. The molecule has 5 nitrogen and oxygen atoms in total. The molecule has 1 unspecified atom stereocenters. The van der Waals surface area contributed by atoms with Gasteiger partial charge in [0.1, 0.15) is 0 Å². The quantitative estimate of drug-likeness (QED) is 0.682. The van der Waals surface area contributed by atoms with Crippen molar-refractivity contribution in [1.82, 2.24) is 10.6 Å². The van der Waals surface area contributed by atoms with E-state index in [0.717, 1.165) is 19.5 Å². The highest BCUT2D eigenvalue weighted by Gasteiger charge is 2.36. The molecule has 0 aromatic heterocycles. The van der Waals surface area contributed by atoms with Crippen LogP contribution in [0.25, 0.3) is 0 Å². The minimum Gasteiger partial charge on any atom is -0.385 e. The van der Waals surface area contributed by atoms with Crippen molar-refractivity contribution in [1.29, 1.82) is 0 Å². The molecule has 2 N–H and O–H groups in total. The summed E-state index contributed by atoms with van der Waals surface area (Å²) in [5.41, 5.74) is 1.50. The zero-order valence-corrected chi connectivity index (χ0v) is 17.1. The first-order chi connectivity index (χ1) is 11.1. The van der Waals surface area contributed by atoms with Gasteiger partial charge in [-0.15, -0.1) is 12.4 Å². The number of nitrogens with one attached hydrogen (secondary N) is 2. The standard InChI is InChI=1S/C14H20N2.C3H10O3Si.ClH/c1-3-16-14(2,13-10-15-11-13)9-12-7-5-4-6-8-12;1-4-7(5-2)6-3;/h3-8,13,15-16H,1,9-11H2,2H3;7H,1-3H3;1H. The lowest BCUT2D eigenvalue weighted by atomic mass is 9.77. The molecule has 1 aromatic rings. The lowest BCUT2D eigenvalue weighted by Crippen LogP contribution is -2.60. The Labute approximate surface area is 154 Å². The van der Waals surface area contributed by atoms with Crippen LogP contribution in [-0.2, 0) is 19.7 Å². The van der Waals surface area contributed by atoms with Crippen molar-refractivity contribution in [3.05, 3.63) is 48.7 Å². The first-order valence-electron chi connectivity index (χ1n) is 7.81. The third kappa shape index (κ3) is 7.34. The van der Waals surface area contributed by atoms with Gasteiger partial charge < -0.3 is 23.9 Å². The summed E-state index contributed by atoms with van der Waals surface area (Å²) >= 11 is 0. The van der Waals surface area contributed by atoms with E-state index in [1.54, 1.807) is 21.3 Å². The van der Waals surface area contributed by atoms with Gasteiger partial charge >= 0.3 is 9.53 Å². The van der Waals surface area contributed by atoms with Gasteiger partial charge in [-0.05, 0) is 25.1 Å². The molecule has 1 atom stereocenters. The maximum absolute atomic E-state index is 4.74. The average Bonchev–Trinajstić information content (AvgIpc) is 2.49. The van der Waals surface area contributed by atoms with Crippen LogP contribution >= 0.6 is 12.4 Å². The fraction of sp³-hybridized carbons (Fsp3) is 0.529. The molecule has 1 saturated heterocycles. The molecule has 0 bridgehead atoms. The smallest absolute Gasteiger partial charge is 0.385 e. The minimum atomic E-state index is -1.67. The topological polar surface area (TPSA) is 51.8 Å². The first-order valence-corrected chi connectivity index (χ1v) is 9.22. The van der Waals surface area contributed by atoms with E-state index in [9.17, 15) is 0 Å². The van der Waals surface area contributed by atoms with Crippen molar-refractivity contribution >= 4 is 21.9 Å². The minimum absolute atomic E-state index is 0. The molecule has 138 valence electrons. The molecular formula is C17H31ClN2O3Si. The molecule has 0 saturated carbocycles. The van der Waals surface area contributed by atoms with E-state index in [0.29, 0.717) is 5.92 Å². The van der Waals surface area contributed by atoms with Crippen LogP contribution < -0.4 is 10.6 Å². The van der Waals surface area contributed by atoms with Gasteiger partial charge in [0.25, 0.3) is 0 Å². The van der Waals surface area contributed by atoms with Gasteiger partial charge in [0, 0.05) is 45.9 Å². The molecule has 1 aliphatic rings. The molecule has 1 fully saturated rings. The van der Waals surface area contributed by atoms with E-state index in [-0.39, 0.29) is 17.9 Å². The van der Waals surface area contributed by atoms with Crippen molar-refractivity contribution in [2.24, 2.45) is 5.92 Å². The van der Waals surface area contributed by atoms with E-state index in [1.807, 2.05) is 6.20 Å². The van der Waals surface area contributed by atoms with Crippen LogP contribution in [0.4, 0.5) is 0 Å². The average molecular weight is 375 g/mol. The Morgan fingerprint density at radius 1 is 1.21 bits per heavy atom. The van der Waals surface area contributed by atoms with Gasteiger partial charge in [-0.3, -0.25) is 0 Å². The van der Waals surface area contributed by atoms with Gasteiger partial charge in [-0.25, -0.2) is 0 Å². The van der Waals surface area contributed by atoms with Gasteiger partial charge in [0.05, 0.1) is 0 Å². The van der Waals surface area contributed by atoms with Crippen molar-refractivity contribution in [2.75, 3.05) is 34.4 Å². The Bertz CT molecular complexity index is 439. The molecule has 1 aromatic carbocycles. The summed E-state index contributed by atoms with van der Waals surface area (Å²) in [5.74, 6) is 0.686. The number of rotatable bonds is 8. The Balaban J connectivity index is 0.000000570. The molecule has 0 amide bonds. The summed E-state index contributed by atoms with van der Waals surface area (Å²) in [5, 5.41) is 6.77. The molecule has 0 radical (unpaired) electrons. The van der Waals surface area contributed by atoms with Crippen molar-refractivity contribution in [3.8, 4) is 0 Å². The zero-order valence-electron chi connectivity index (χ0n) is 15.1. The van der Waals surface area contributed by atoms with E-state index in [4.69, 9.17) is 13.3 Å². The number of benzene rings is 1. The highest BCUT2D eigenvalue weighted by Crippen LogP contribution is 2.25. The molecule has 0 aliphatic carbocycles. The van der Waals surface area contributed by atoms with E-state index in [1.165, 1.54) is 5.56 Å². The lowest BCUT2D eigenvalue weighted by Gasteiger charge is -2.44. The summed E-state index contributed by atoms with van der Waals surface area (Å²) in [6.07, 6.45) is 2.87. The molecule has 1 heterocycles. The fourth-order valence-corrected chi connectivity index (χ4v) is 3.17. The Morgan fingerprint density at radius 3 is 2.08 bits per heavy atom. The van der Waals surface area contributed by atoms with Crippen LogP contribution in [-0.4, -0.2) is 49.5 Å². The Morgan fingerprint density at radius 2 is 1.75 bits per heavy atom. The van der Waals surface area contributed by atoms with Crippen LogP contribution in [0.5, 0.6) is 0 Å². The summed E-state index contributed by atoms with van der Waals surface area (Å²) in [7, 11) is 3.05. The Hall–Kier alpha value is -0.893. The van der Waals surface area contributed by atoms with Crippen molar-refractivity contribution < 1.29 is 13.3 Å². The van der Waals surface area contributed by atoms with Gasteiger partial charge in [-0.2, -0.15) is 0 Å². The molecule has 24 heavy (non-hydrogen) atoms. The highest BCUT2D eigenvalue weighted by molar-refractivity contribution is 6.36. The van der Waals surface area contributed by atoms with Crippen LogP contribution in [0.2, 0.25) is 0 Å². The first kappa shape index (κ1) is 23.1. The Kier molecular flexibility index (Phi) is 12.0. The third-order valence-electron chi connectivity index (χ3n) is 4.11. The van der Waals surface area contributed by atoms with Crippen LogP contribution in [0.3, 0.4) is 0 Å². The fourth-order valence-electron chi connectivity index (χ4n) is 2.59. The third-order valence-corrected chi connectivity index (χ3v) is 5.26. The summed E-state index contributed by atoms with van der Waals surface area (Å²) in [4.78, 5) is 0.